The molecule has 2 aliphatic rings. The molecule has 1 aliphatic heterocycles. The van der Waals surface area contributed by atoms with E-state index in [-0.39, 0.29) is 17.3 Å². The van der Waals surface area contributed by atoms with Gasteiger partial charge in [-0.3, -0.25) is 0 Å². The maximum absolute atomic E-state index is 12.3. The van der Waals surface area contributed by atoms with Gasteiger partial charge in [-0.05, 0) is 24.7 Å². The minimum atomic E-state index is -0.862. The number of carbonyl (C=O) groups excluding carboxylic acids is 1. The molecule has 4 nitrogen and oxygen atoms in total. The van der Waals surface area contributed by atoms with Gasteiger partial charge in [0.05, 0.1) is 12.3 Å². The van der Waals surface area contributed by atoms with Crippen LogP contribution in [0.1, 0.15) is 47.5 Å². The van der Waals surface area contributed by atoms with E-state index in [1.54, 1.807) is 0 Å². The Hall–Kier alpha value is -1.06. The highest BCUT2D eigenvalue weighted by molar-refractivity contribution is 5.95. The van der Waals surface area contributed by atoms with E-state index in [9.17, 15) is 4.79 Å². The summed E-state index contributed by atoms with van der Waals surface area (Å²) in [5.41, 5.74) is 0.249. The molecule has 0 spiro atoms. The van der Waals surface area contributed by atoms with Gasteiger partial charge in [-0.1, -0.05) is 32.9 Å². The fourth-order valence-electron chi connectivity index (χ4n) is 2.74. The molecule has 0 aromatic rings. The van der Waals surface area contributed by atoms with E-state index < -0.39 is 5.60 Å². The average molecular weight is 253 g/mol. The Morgan fingerprint density at radius 3 is 2.56 bits per heavy atom. The first-order chi connectivity index (χ1) is 8.33. The number of rotatable bonds is 4. The van der Waals surface area contributed by atoms with Crippen LogP contribution in [0.3, 0.4) is 0 Å². The summed E-state index contributed by atoms with van der Waals surface area (Å²) in [5, 5.41) is 4.13. The van der Waals surface area contributed by atoms with Crippen LogP contribution in [0.4, 0.5) is 0 Å². The van der Waals surface area contributed by atoms with Crippen LogP contribution in [-0.4, -0.2) is 23.9 Å². The maximum Gasteiger partial charge on any atom is 0.354 e. The summed E-state index contributed by atoms with van der Waals surface area (Å²) in [7, 11) is 0. The molecule has 1 aliphatic carbocycles. The van der Waals surface area contributed by atoms with Gasteiger partial charge in [0.1, 0.15) is 0 Å². The summed E-state index contributed by atoms with van der Waals surface area (Å²) >= 11 is 0. The highest BCUT2D eigenvalue weighted by Gasteiger charge is 2.66. The average Bonchev–Trinajstić information content (AvgIpc) is 2.77. The summed E-state index contributed by atoms with van der Waals surface area (Å²) < 4.78 is 5.21. The van der Waals surface area contributed by atoms with Crippen molar-refractivity contribution in [1.82, 2.24) is 0 Å². The smallest absolute Gasteiger partial charge is 0.354 e. The number of ether oxygens (including phenoxy) is 1. The summed E-state index contributed by atoms with van der Waals surface area (Å²) in [5.74, 6) is 0.271. The molecule has 0 amide bonds. The molecule has 0 radical (unpaired) electrons. The highest BCUT2D eigenvalue weighted by atomic mass is 16.7. The SMILES string of the molecule is CCOC(=O)C1(C2CC2(C)C)CC(C(C)C)=NO1. The minimum Gasteiger partial charge on any atom is -0.463 e. The molecule has 18 heavy (non-hydrogen) atoms. The summed E-state index contributed by atoms with van der Waals surface area (Å²) in [4.78, 5) is 17.9. The largest absolute Gasteiger partial charge is 0.463 e. The van der Waals surface area contributed by atoms with Gasteiger partial charge >= 0.3 is 5.97 Å². The maximum atomic E-state index is 12.3. The standard InChI is InChI=1S/C14H23NO3/c1-6-17-12(16)14(11-8-13(11,4)5)7-10(9(2)3)15-18-14/h9,11H,6-8H2,1-5H3. The highest BCUT2D eigenvalue weighted by Crippen LogP contribution is 2.60. The Kier molecular flexibility index (Phi) is 3.16. The first-order valence-corrected chi connectivity index (χ1v) is 6.75. The molecular formula is C14H23NO3. The number of oxime groups is 1. The van der Waals surface area contributed by atoms with Crippen molar-refractivity contribution in [3.05, 3.63) is 0 Å². The molecule has 0 saturated heterocycles. The molecule has 0 bridgehead atoms. The minimum absolute atomic E-state index is 0.148. The summed E-state index contributed by atoms with van der Waals surface area (Å²) in [6.07, 6.45) is 1.57. The van der Waals surface area contributed by atoms with Crippen LogP contribution in [0.5, 0.6) is 0 Å². The van der Waals surface area contributed by atoms with E-state index in [2.05, 4.69) is 32.9 Å². The molecule has 1 saturated carbocycles. The number of hydrogen-bond donors (Lipinski definition) is 0. The predicted octanol–water partition coefficient (Wildman–Crippen LogP) is 2.77. The fraction of sp³-hybridized carbons (Fsp3) is 0.857. The van der Waals surface area contributed by atoms with Crippen LogP contribution < -0.4 is 0 Å². The van der Waals surface area contributed by atoms with E-state index in [1.807, 2.05) is 6.92 Å². The second kappa shape index (κ2) is 4.25. The fourth-order valence-corrected chi connectivity index (χ4v) is 2.74. The van der Waals surface area contributed by atoms with Gasteiger partial charge in [-0.2, -0.15) is 0 Å². The molecule has 2 unspecified atom stereocenters. The van der Waals surface area contributed by atoms with Crippen molar-refractivity contribution in [2.24, 2.45) is 22.4 Å². The monoisotopic (exact) mass is 253 g/mol. The third-order valence-electron chi connectivity index (χ3n) is 4.13. The van der Waals surface area contributed by atoms with Gasteiger partial charge < -0.3 is 9.57 Å². The first-order valence-electron chi connectivity index (χ1n) is 6.75. The predicted molar refractivity (Wildman–Crippen MR) is 69.2 cm³/mol. The molecule has 1 heterocycles. The molecule has 0 aromatic heterocycles. The quantitative estimate of drug-likeness (QED) is 0.724. The van der Waals surface area contributed by atoms with Crippen molar-refractivity contribution in [3.8, 4) is 0 Å². The number of hydrogen-bond acceptors (Lipinski definition) is 4. The van der Waals surface area contributed by atoms with Crippen LogP contribution in [0, 0.1) is 17.3 Å². The van der Waals surface area contributed by atoms with Crippen molar-refractivity contribution < 1.29 is 14.4 Å². The van der Waals surface area contributed by atoms with E-state index >= 15 is 0 Å². The number of esters is 1. The summed E-state index contributed by atoms with van der Waals surface area (Å²) in [6.45, 7) is 10.7. The molecule has 1 fully saturated rings. The van der Waals surface area contributed by atoms with E-state index in [0.717, 1.165) is 12.1 Å². The van der Waals surface area contributed by atoms with Gasteiger partial charge in [0.25, 0.3) is 0 Å². The van der Waals surface area contributed by atoms with Crippen molar-refractivity contribution in [2.75, 3.05) is 6.61 Å². The van der Waals surface area contributed by atoms with E-state index in [4.69, 9.17) is 9.57 Å². The van der Waals surface area contributed by atoms with Crippen molar-refractivity contribution in [3.63, 3.8) is 0 Å². The Labute approximate surface area is 109 Å². The van der Waals surface area contributed by atoms with E-state index in [0.29, 0.717) is 18.9 Å². The van der Waals surface area contributed by atoms with Crippen LogP contribution in [-0.2, 0) is 14.4 Å². The normalized spacial score (nSPS) is 33.0. The Bertz CT molecular complexity index is 387. The second-order valence-corrected chi connectivity index (χ2v) is 6.36. The first kappa shape index (κ1) is 13.4. The lowest BCUT2D eigenvalue weighted by Gasteiger charge is -2.26. The zero-order chi connectivity index (χ0) is 13.6. The second-order valence-electron chi connectivity index (χ2n) is 6.36. The van der Waals surface area contributed by atoms with Gasteiger partial charge in [-0.25, -0.2) is 4.79 Å². The van der Waals surface area contributed by atoms with Crippen molar-refractivity contribution in [1.29, 1.82) is 0 Å². The molecule has 0 aromatic carbocycles. The van der Waals surface area contributed by atoms with Gasteiger partial charge in [0.2, 0.25) is 5.60 Å². The Balaban J connectivity index is 2.20. The Morgan fingerprint density at radius 2 is 2.17 bits per heavy atom. The van der Waals surface area contributed by atoms with Crippen molar-refractivity contribution in [2.45, 2.75) is 53.1 Å². The number of nitrogens with zero attached hydrogens (tertiary/aromatic N) is 1. The third-order valence-corrected chi connectivity index (χ3v) is 4.13. The summed E-state index contributed by atoms with van der Waals surface area (Å²) in [6, 6.07) is 0. The topological polar surface area (TPSA) is 47.9 Å². The molecule has 2 atom stereocenters. The lowest BCUT2D eigenvalue weighted by atomic mass is 9.85. The van der Waals surface area contributed by atoms with Crippen LogP contribution in [0.25, 0.3) is 0 Å². The van der Waals surface area contributed by atoms with Crippen LogP contribution >= 0.6 is 0 Å². The molecule has 0 N–H and O–H groups in total. The molecule has 4 heteroatoms. The zero-order valence-electron chi connectivity index (χ0n) is 11.9. The number of carbonyl (C=O) groups is 1. The van der Waals surface area contributed by atoms with Crippen LogP contribution in [0.2, 0.25) is 0 Å². The molecular weight excluding hydrogens is 230 g/mol. The van der Waals surface area contributed by atoms with Crippen LogP contribution in [0.15, 0.2) is 5.16 Å². The Morgan fingerprint density at radius 1 is 1.56 bits per heavy atom. The van der Waals surface area contributed by atoms with Gasteiger partial charge in [0.15, 0.2) is 0 Å². The molecule has 102 valence electrons. The lowest BCUT2D eigenvalue weighted by Crippen LogP contribution is -2.44. The lowest BCUT2D eigenvalue weighted by molar-refractivity contribution is -0.173. The van der Waals surface area contributed by atoms with Gasteiger partial charge in [0, 0.05) is 12.3 Å². The third kappa shape index (κ3) is 2.02. The van der Waals surface area contributed by atoms with Crippen molar-refractivity contribution >= 4 is 11.7 Å². The zero-order valence-corrected chi connectivity index (χ0v) is 11.9. The van der Waals surface area contributed by atoms with Gasteiger partial charge in [-0.15, -0.1) is 0 Å². The van der Waals surface area contributed by atoms with E-state index in [1.165, 1.54) is 0 Å². The molecule has 2 rings (SSSR count).